The van der Waals surface area contributed by atoms with E-state index in [1.807, 2.05) is 0 Å². The van der Waals surface area contributed by atoms with Crippen LogP contribution in [0, 0.1) is 0 Å². The highest BCUT2D eigenvalue weighted by Gasteiger charge is 2.64. The van der Waals surface area contributed by atoms with E-state index in [0.29, 0.717) is 5.56 Å². The monoisotopic (exact) mass is 434 g/mol. The Hall–Kier alpha value is -3.08. The molecule has 2 fully saturated rings. The van der Waals surface area contributed by atoms with E-state index in [1.165, 1.54) is 28.8 Å². The normalized spacial score (nSPS) is 26.5. The average molecular weight is 434 g/mol. The van der Waals surface area contributed by atoms with Crippen LogP contribution in [-0.4, -0.2) is 61.9 Å². The second-order valence-corrected chi connectivity index (χ2v) is 9.50. The number of fused-ring (bicyclic) bond motifs is 2. The van der Waals surface area contributed by atoms with Crippen LogP contribution < -0.4 is 14.8 Å². The number of carbonyl (C=O) groups excluding carboxylic acids is 4. The van der Waals surface area contributed by atoms with E-state index in [9.17, 15) is 29.1 Å². The van der Waals surface area contributed by atoms with Gasteiger partial charge in [-0.25, -0.2) is 4.79 Å². The van der Waals surface area contributed by atoms with Crippen LogP contribution in [0.25, 0.3) is 0 Å². The summed E-state index contributed by atoms with van der Waals surface area (Å²) in [5.74, 6) is -3.30. The number of nitrogens with one attached hydrogen (secondary N) is 1. The number of amides is 2. The summed E-state index contributed by atoms with van der Waals surface area (Å²) in [6, 6.07) is 2.65. The lowest BCUT2D eigenvalue weighted by molar-refractivity contribution is -0.161. The summed E-state index contributed by atoms with van der Waals surface area (Å²) < 4.78 is 9.38. The Morgan fingerprint density at radius 3 is 2.53 bits per heavy atom. The maximum absolute atomic E-state index is 12.5. The molecule has 0 spiro atoms. The first-order valence-corrected chi connectivity index (χ1v) is 10.0. The van der Waals surface area contributed by atoms with Gasteiger partial charge in [0.25, 0.3) is 0 Å². The molecule has 3 aliphatic rings. The molecule has 0 bridgehead atoms. The highest BCUT2D eigenvalue weighted by Crippen LogP contribution is 2.50. The number of carboxylic acids is 1. The zero-order chi connectivity index (χ0) is 21.8. The highest BCUT2D eigenvalue weighted by atomic mass is 32.2. The van der Waals surface area contributed by atoms with Gasteiger partial charge in [-0.2, -0.15) is 0 Å². The summed E-state index contributed by atoms with van der Waals surface area (Å²) in [7, 11) is 0. The Balaban J connectivity index is 1.43. The number of carbonyl (C=O) groups is 5. The lowest BCUT2D eigenvalue weighted by Crippen LogP contribution is -2.70. The van der Waals surface area contributed by atoms with Crippen molar-refractivity contribution in [3.63, 3.8) is 0 Å². The predicted octanol–water partition coefficient (Wildman–Crippen LogP) is 0.0753. The Kier molecular flexibility index (Phi) is 4.72. The third kappa shape index (κ3) is 3.38. The first-order valence-electron chi connectivity index (χ1n) is 9.13. The van der Waals surface area contributed by atoms with Crippen LogP contribution in [0.3, 0.4) is 0 Å². The molecule has 158 valence electrons. The number of hydrogen-bond donors (Lipinski definition) is 2. The van der Waals surface area contributed by atoms with Gasteiger partial charge in [0.15, 0.2) is 11.5 Å². The molecule has 3 aliphatic heterocycles. The van der Waals surface area contributed by atoms with Crippen LogP contribution in [0.5, 0.6) is 11.5 Å². The lowest BCUT2D eigenvalue weighted by Gasteiger charge is -2.43. The average Bonchev–Trinajstić information content (AvgIpc) is 2.79. The van der Waals surface area contributed by atoms with Gasteiger partial charge >= 0.3 is 17.9 Å². The molecule has 0 radical (unpaired) electrons. The molecule has 11 heteroatoms. The molecule has 3 atom stereocenters. The quantitative estimate of drug-likeness (QED) is 0.292. The van der Waals surface area contributed by atoms with Crippen molar-refractivity contribution < 1.29 is 38.6 Å². The molecule has 1 aromatic rings. The van der Waals surface area contributed by atoms with Crippen LogP contribution in [0.2, 0.25) is 0 Å². The van der Waals surface area contributed by atoms with E-state index >= 15 is 0 Å². The summed E-state index contributed by atoms with van der Waals surface area (Å²) in [5.41, 5.74) is 0.489. The first-order chi connectivity index (χ1) is 14.1. The fraction of sp³-hybridized carbons (Fsp3) is 0.421. The van der Waals surface area contributed by atoms with Crippen LogP contribution in [0.15, 0.2) is 18.2 Å². The predicted molar refractivity (Wildman–Crippen MR) is 102 cm³/mol. The third-order valence-corrected chi connectivity index (χ3v) is 6.67. The van der Waals surface area contributed by atoms with Crippen LogP contribution in [0.4, 0.5) is 0 Å². The number of ether oxygens (including phenoxy) is 2. The highest BCUT2D eigenvalue weighted by molar-refractivity contribution is 8.01. The number of thioether (sulfide) groups is 1. The molecule has 0 aromatic heterocycles. The summed E-state index contributed by atoms with van der Waals surface area (Å²) in [6.07, 6.45) is -0.608. The number of nitrogens with zero attached hydrogens (tertiary/aromatic N) is 1. The van der Waals surface area contributed by atoms with Crippen molar-refractivity contribution in [2.24, 2.45) is 0 Å². The van der Waals surface area contributed by atoms with Crippen molar-refractivity contribution in [1.29, 1.82) is 0 Å². The third-order valence-electron chi connectivity index (χ3n) is 5.10. The number of hydrogen-bond acceptors (Lipinski definition) is 8. The van der Waals surface area contributed by atoms with Crippen molar-refractivity contribution in [3.05, 3.63) is 23.8 Å². The fourth-order valence-electron chi connectivity index (χ4n) is 3.82. The molecule has 2 amide bonds. The Labute approximate surface area is 174 Å². The van der Waals surface area contributed by atoms with Gasteiger partial charge in [-0.3, -0.25) is 19.2 Å². The molecular formula is C19H18N2O8S. The zero-order valence-electron chi connectivity index (χ0n) is 16.0. The molecule has 3 heterocycles. The topological polar surface area (TPSA) is 139 Å². The van der Waals surface area contributed by atoms with Gasteiger partial charge in [0.05, 0.1) is 6.42 Å². The lowest BCUT2D eigenvalue weighted by atomic mass is 9.96. The minimum Gasteiger partial charge on any atom is -0.480 e. The second kappa shape index (κ2) is 7.01. The minimum absolute atomic E-state index is 0.0412. The standard InChI is InChI=1S/C19H18N2O8S/c1-19(2)15(18(26)27)21-16(25)14(17(21)30-19)20-11(22)6-8-3-4-9-10(5-8)29-13(24)7-12(23)28-9/h3-5,14-15,17H,6-7H2,1-2H3,(H,20,22)(H,26,27). The Bertz CT molecular complexity index is 991. The van der Waals surface area contributed by atoms with Gasteiger partial charge in [0.1, 0.15) is 23.9 Å². The van der Waals surface area contributed by atoms with Gasteiger partial charge in [-0.15, -0.1) is 11.8 Å². The fourth-order valence-corrected chi connectivity index (χ4v) is 5.44. The van der Waals surface area contributed by atoms with E-state index in [4.69, 9.17) is 9.47 Å². The summed E-state index contributed by atoms with van der Waals surface area (Å²) in [5, 5.41) is 11.7. The van der Waals surface area contributed by atoms with Crippen molar-refractivity contribution in [1.82, 2.24) is 10.2 Å². The van der Waals surface area contributed by atoms with E-state index in [0.717, 1.165) is 0 Å². The smallest absolute Gasteiger partial charge is 0.327 e. The maximum atomic E-state index is 12.5. The molecule has 3 unspecified atom stereocenters. The number of carboxylic acid groups (broad SMARTS) is 1. The molecule has 1 aromatic carbocycles. The molecule has 2 N–H and O–H groups in total. The number of benzene rings is 1. The summed E-state index contributed by atoms with van der Waals surface area (Å²) >= 11 is 1.34. The van der Waals surface area contributed by atoms with Crippen molar-refractivity contribution in [2.45, 2.75) is 48.9 Å². The zero-order valence-corrected chi connectivity index (χ0v) is 16.9. The van der Waals surface area contributed by atoms with Gasteiger partial charge < -0.3 is 24.8 Å². The molecule has 0 aliphatic carbocycles. The molecule has 2 saturated heterocycles. The van der Waals surface area contributed by atoms with E-state index < -0.39 is 58.3 Å². The van der Waals surface area contributed by atoms with E-state index in [-0.39, 0.29) is 17.9 Å². The van der Waals surface area contributed by atoms with E-state index in [1.54, 1.807) is 19.9 Å². The van der Waals surface area contributed by atoms with Crippen LogP contribution in [0.1, 0.15) is 25.8 Å². The SMILES string of the molecule is CC1(C)SC2C(NC(=O)Cc3ccc4c(c3)OC(=O)CC(=O)O4)C(=O)N2C1C(=O)O. The van der Waals surface area contributed by atoms with Gasteiger partial charge in [-0.05, 0) is 31.5 Å². The van der Waals surface area contributed by atoms with Crippen LogP contribution >= 0.6 is 11.8 Å². The molecular weight excluding hydrogens is 416 g/mol. The molecule has 30 heavy (non-hydrogen) atoms. The largest absolute Gasteiger partial charge is 0.480 e. The van der Waals surface area contributed by atoms with Gasteiger partial charge in [0.2, 0.25) is 11.8 Å². The number of rotatable bonds is 4. The van der Waals surface area contributed by atoms with Gasteiger partial charge in [-0.1, -0.05) is 6.07 Å². The molecule has 0 saturated carbocycles. The van der Waals surface area contributed by atoms with Crippen molar-refractivity contribution >= 4 is 41.5 Å². The number of β-lactam (4-membered cyclic amide) rings is 1. The van der Waals surface area contributed by atoms with E-state index in [2.05, 4.69) is 5.32 Å². The molecule has 10 nitrogen and oxygen atoms in total. The second-order valence-electron chi connectivity index (χ2n) is 7.73. The Morgan fingerprint density at radius 2 is 1.87 bits per heavy atom. The van der Waals surface area contributed by atoms with Gasteiger partial charge in [0, 0.05) is 4.75 Å². The first kappa shape index (κ1) is 20.2. The number of esters is 2. The summed E-state index contributed by atoms with van der Waals surface area (Å²) in [6.45, 7) is 3.51. The van der Waals surface area contributed by atoms with Crippen molar-refractivity contribution in [3.8, 4) is 11.5 Å². The Morgan fingerprint density at radius 1 is 1.20 bits per heavy atom. The maximum Gasteiger partial charge on any atom is 0.327 e. The van der Waals surface area contributed by atoms with Crippen LogP contribution in [-0.2, 0) is 30.4 Å². The summed E-state index contributed by atoms with van der Waals surface area (Å²) in [4.78, 5) is 60.8. The molecule has 4 rings (SSSR count). The van der Waals surface area contributed by atoms with Crippen molar-refractivity contribution in [2.75, 3.05) is 0 Å². The minimum atomic E-state index is -1.08. The number of aliphatic carboxylic acids is 1.